The Morgan fingerprint density at radius 3 is 2.93 bits per heavy atom. The molecule has 5 heterocycles. The number of nitrogens with one attached hydrogen (secondary N) is 1. The third kappa shape index (κ3) is 3.36. The number of hydrogen-bond acceptors (Lipinski definition) is 6. The minimum Gasteiger partial charge on any atom is -0.346 e. The molecule has 9 heteroatoms. The van der Waals surface area contributed by atoms with E-state index in [2.05, 4.69) is 41.7 Å². The summed E-state index contributed by atoms with van der Waals surface area (Å²) < 4.78 is 4.28. The molecule has 4 aromatic rings. The Morgan fingerprint density at radius 2 is 2.14 bits per heavy atom. The molecule has 9 nitrogen and oxygen atoms in total. The second-order valence-electron chi connectivity index (χ2n) is 7.52. The summed E-state index contributed by atoms with van der Waals surface area (Å²) in [5, 5.41) is 14.2. The third-order valence-electron chi connectivity index (χ3n) is 5.80. The van der Waals surface area contributed by atoms with Crippen molar-refractivity contribution in [2.45, 2.75) is 38.3 Å². The Labute approximate surface area is 168 Å². The van der Waals surface area contributed by atoms with E-state index in [1.807, 2.05) is 17.1 Å². The van der Waals surface area contributed by atoms with Gasteiger partial charge >= 0.3 is 0 Å². The van der Waals surface area contributed by atoms with E-state index in [-0.39, 0.29) is 0 Å². The molecule has 29 heavy (non-hydrogen) atoms. The van der Waals surface area contributed by atoms with Gasteiger partial charge in [-0.2, -0.15) is 10.4 Å². The van der Waals surface area contributed by atoms with E-state index >= 15 is 0 Å². The number of aryl methyl sites for hydroxylation is 2. The van der Waals surface area contributed by atoms with Gasteiger partial charge in [0.2, 0.25) is 0 Å². The number of nitriles is 1. The van der Waals surface area contributed by atoms with E-state index in [1.165, 1.54) is 5.52 Å². The number of fused-ring (bicyclic) bond motifs is 3. The molecule has 0 radical (unpaired) electrons. The number of aromatic amines is 1. The maximum Gasteiger partial charge on any atom is 0.139 e. The van der Waals surface area contributed by atoms with Gasteiger partial charge in [0.05, 0.1) is 17.8 Å². The lowest BCUT2D eigenvalue weighted by molar-refractivity contribution is 0.190. The summed E-state index contributed by atoms with van der Waals surface area (Å²) in [4.78, 5) is 19.1. The molecule has 0 unspecified atom stereocenters. The predicted molar refractivity (Wildman–Crippen MR) is 108 cm³/mol. The summed E-state index contributed by atoms with van der Waals surface area (Å²) in [5.74, 6) is 1.07. The summed E-state index contributed by atoms with van der Waals surface area (Å²) in [7, 11) is 0. The largest absolute Gasteiger partial charge is 0.346 e. The molecule has 1 aliphatic rings. The van der Waals surface area contributed by atoms with Gasteiger partial charge in [-0.25, -0.2) is 15.0 Å². The Hall–Kier alpha value is -3.25. The molecule has 0 aliphatic carbocycles. The van der Waals surface area contributed by atoms with Crippen molar-refractivity contribution in [3.05, 3.63) is 36.9 Å². The molecule has 1 N–H and O–H groups in total. The molecule has 0 spiro atoms. The number of aromatic nitrogens is 7. The van der Waals surface area contributed by atoms with E-state index in [1.54, 1.807) is 12.7 Å². The highest BCUT2D eigenvalue weighted by molar-refractivity contribution is 6.01. The fourth-order valence-electron chi connectivity index (χ4n) is 4.38. The Bertz CT molecular complexity index is 1140. The standard InChI is InChI=1S/C20H23N9/c21-6-1-8-27-9-3-15(4-10-27)29-18(5-11-28-14-22-13-25-28)26-17-12-24-20-16(19(17)29)2-7-23-20/h2,7,12-15H,1,3-5,8-11H2,(H,23,24). The van der Waals surface area contributed by atoms with E-state index in [9.17, 15) is 0 Å². The van der Waals surface area contributed by atoms with Gasteiger partial charge in [-0.3, -0.25) is 4.68 Å². The molecule has 1 fully saturated rings. The summed E-state index contributed by atoms with van der Waals surface area (Å²) in [6, 6.07) is 4.74. The SMILES string of the molecule is N#CCCN1CCC(n2c(CCn3cncn3)nc3cnc4[nH]ccc4c32)CC1. The topological polar surface area (TPSA) is 104 Å². The van der Waals surface area contributed by atoms with Crippen LogP contribution in [0, 0.1) is 11.3 Å². The second kappa shape index (κ2) is 7.64. The summed E-state index contributed by atoms with van der Waals surface area (Å²) in [5.41, 5.74) is 3.01. The molecule has 0 amide bonds. The van der Waals surface area contributed by atoms with Crippen LogP contribution < -0.4 is 0 Å². The second-order valence-corrected chi connectivity index (χ2v) is 7.52. The number of piperidine rings is 1. The van der Waals surface area contributed by atoms with Gasteiger partial charge in [-0.05, 0) is 18.9 Å². The quantitative estimate of drug-likeness (QED) is 0.543. The Morgan fingerprint density at radius 1 is 1.24 bits per heavy atom. The van der Waals surface area contributed by atoms with Crippen LogP contribution in [-0.2, 0) is 13.0 Å². The van der Waals surface area contributed by atoms with Crippen LogP contribution in [0.5, 0.6) is 0 Å². The number of nitrogens with zero attached hydrogens (tertiary/aromatic N) is 8. The third-order valence-corrected chi connectivity index (χ3v) is 5.80. The number of likely N-dealkylation sites (tertiary alicyclic amines) is 1. The molecular formula is C20H23N9. The van der Waals surface area contributed by atoms with Crippen LogP contribution in [0.3, 0.4) is 0 Å². The van der Waals surface area contributed by atoms with Crippen molar-refractivity contribution >= 4 is 22.1 Å². The maximum absolute atomic E-state index is 8.86. The van der Waals surface area contributed by atoms with Crippen LogP contribution >= 0.6 is 0 Å². The molecule has 0 bridgehead atoms. The normalized spacial score (nSPS) is 16.0. The van der Waals surface area contributed by atoms with Gasteiger partial charge in [-0.1, -0.05) is 0 Å². The van der Waals surface area contributed by atoms with Gasteiger partial charge in [-0.15, -0.1) is 0 Å². The van der Waals surface area contributed by atoms with Gasteiger partial charge in [0.25, 0.3) is 0 Å². The first kappa shape index (κ1) is 17.8. The molecule has 0 saturated carbocycles. The summed E-state index contributed by atoms with van der Waals surface area (Å²) in [6.07, 6.45) is 10.6. The van der Waals surface area contributed by atoms with Crippen LogP contribution in [0.15, 0.2) is 31.1 Å². The van der Waals surface area contributed by atoms with Gasteiger partial charge < -0.3 is 14.5 Å². The monoisotopic (exact) mass is 389 g/mol. The summed E-state index contributed by atoms with van der Waals surface area (Å²) >= 11 is 0. The van der Waals surface area contributed by atoms with E-state index in [0.717, 1.165) is 67.8 Å². The zero-order valence-electron chi connectivity index (χ0n) is 16.2. The predicted octanol–water partition coefficient (Wildman–Crippen LogP) is 2.30. The highest BCUT2D eigenvalue weighted by Crippen LogP contribution is 2.32. The molecule has 0 aromatic carbocycles. The molecule has 4 aromatic heterocycles. The average Bonchev–Trinajstić information content (AvgIpc) is 3.49. The maximum atomic E-state index is 8.86. The van der Waals surface area contributed by atoms with Crippen molar-refractivity contribution in [1.82, 2.24) is 39.2 Å². The highest BCUT2D eigenvalue weighted by Gasteiger charge is 2.25. The lowest BCUT2D eigenvalue weighted by Gasteiger charge is -2.33. The molecule has 1 aliphatic heterocycles. The van der Waals surface area contributed by atoms with Crippen LogP contribution in [0.4, 0.5) is 0 Å². The zero-order valence-corrected chi connectivity index (χ0v) is 16.2. The first-order valence-corrected chi connectivity index (χ1v) is 10.1. The van der Waals surface area contributed by atoms with Crippen molar-refractivity contribution < 1.29 is 0 Å². The van der Waals surface area contributed by atoms with Crippen molar-refractivity contribution in [2.24, 2.45) is 0 Å². The fraction of sp³-hybridized carbons (Fsp3) is 0.450. The molecule has 148 valence electrons. The van der Waals surface area contributed by atoms with Crippen LogP contribution in [0.2, 0.25) is 0 Å². The number of imidazole rings is 1. The number of H-pyrrole nitrogens is 1. The average molecular weight is 389 g/mol. The van der Waals surface area contributed by atoms with Crippen molar-refractivity contribution in [1.29, 1.82) is 5.26 Å². The fourth-order valence-corrected chi connectivity index (χ4v) is 4.38. The van der Waals surface area contributed by atoms with Crippen molar-refractivity contribution in [2.75, 3.05) is 19.6 Å². The van der Waals surface area contributed by atoms with Crippen molar-refractivity contribution in [3.63, 3.8) is 0 Å². The van der Waals surface area contributed by atoms with Gasteiger partial charge in [0.1, 0.15) is 29.6 Å². The first-order valence-electron chi connectivity index (χ1n) is 10.1. The smallest absolute Gasteiger partial charge is 0.139 e. The lowest BCUT2D eigenvalue weighted by atomic mass is 10.0. The Kier molecular flexibility index (Phi) is 4.69. The van der Waals surface area contributed by atoms with Crippen LogP contribution in [-0.4, -0.2) is 58.8 Å². The van der Waals surface area contributed by atoms with E-state index < -0.39 is 0 Å². The minimum absolute atomic E-state index is 0.393. The van der Waals surface area contributed by atoms with Crippen molar-refractivity contribution in [3.8, 4) is 6.07 Å². The number of hydrogen-bond donors (Lipinski definition) is 1. The number of rotatable bonds is 6. The van der Waals surface area contributed by atoms with Gasteiger partial charge in [0.15, 0.2) is 0 Å². The van der Waals surface area contributed by atoms with E-state index in [4.69, 9.17) is 10.2 Å². The van der Waals surface area contributed by atoms with Crippen LogP contribution in [0.25, 0.3) is 22.1 Å². The lowest BCUT2D eigenvalue weighted by Crippen LogP contribution is -2.35. The minimum atomic E-state index is 0.393. The molecule has 1 saturated heterocycles. The first-order chi connectivity index (χ1) is 14.3. The zero-order chi connectivity index (χ0) is 19.6. The number of pyridine rings is 1. The van der Waals surface area contributed by atoms with Gasteiger partial charge in [0, 0.05) is 56.6 Å². The highest BCUT2D eigenvalue weighted by atomic mass is 15.3. The summed E-state index contributed by atoms with van der Waals surface area (Å²) in [6.45, 7) is 3.62. The molecular weight excluding hydrogens is 366 g/mol. The molecule has 5 rings (SSSR count). The Balaban J connectivity index is 1.50. The molecule has 0 atom stereocenters. The van der Waals surface area contributed by atoms with Crippen LogP contribution in [0.1, 0.15) is 31.1 Å². The van der Waals surface area contributed by atoms with E-state index in [0.29, 0.717) is 12.5 Å².